The Balaban J connectivity index is 1.29. The summed E-state index contributed by atoms with van der Waals surface area (Å²) >= 11 is 0. The SMILES string of the molecule is Cc1cccc(-c2ccc(C(=O)N3CCC(c4nc5ccccc5o4)CC3)c(=O)[nH]2)c1. The second kappa shape index (κ2) is 7.87. The normalized spacial score (nSPS) is 14.8. The third-order valence-corrected chi connectivity index (χ3v) is 5.91. The van der Waals surface area contributed by atoms with E-state index in [0.29, 0.717) is 18.8 Å². The molecule has 2 aromatic carbocycles. The van der Waals surface area contributed by atoms with Crippen LogP contribution >= 0.6 is 0 Å². The first kappa shape index (κ1) is 19.3. The van der Waals surface area contributed by atoms with Gasteiger partial charge in [0.05, 0.1) is 0 Å². The number of para-hydroxylation sites is 2. The highest BCUT2D eigenvalue weighted by atomic mass is 16.3. The fraction of sp³-hybridized carbons (Fsp3) is 0.240. The zero-order valence-corrected chi connectivity index (χ0v) is 17.3. The van der Waals surface area contributed by atoms with E-state index >= 15 is 0 Å². The molecule has 1 N–H and O–H groups in total. The van der Waals surface area contributed by atoms with E-state index in [9.17, 15) is 9.59 Å². The molecule has 0 bridgehead atoms. The lowest BCUT2D eigenvalue weighted by Gasteiger charge is -2.30. The molecule has 6 heteroatoms. The number of hydrogen-bond donors (Lipinski definition) is 1. The van der Waals surface area contributed by atoms with Gasteiger partial charge in [0.15, 0.2) is 11.5 Å². The smallest absolute Gasteiger partial charge is 0.261 e. The number of carbonyl (C=O) groups excluding carboxylic acids is 1. The molecule has 4 aromatic rings. The van der Waals surface area contributed by atoms with E-state index in [0.717, 1.165) is 41.0 Å². The van der Waals surface area contributed by atoms with Crippen LogP contribution in [0.1, 0.15) is 40.6 Å². The number of aryl methyl sites for hydroxylation is 1. The number of amides is 1. The number of likely N-dealkylation sites (tertiary alicyclic amines) is 1. The van der Waals surface area contributed by atoms with Crippen LogP contribution in [0.15, 0.2) is 69.9 Å². The van der Waals surface area contributed by atoms with Crippen molar-refractivity contribution in [2.24, 2.45) is 0 Å². The Morgan fingerprint density at radius 2 is 1.87 bits per heavy atom. The lowest BCUT2D eigenvalue weighted by molar-refractivity contribution is 0.0705. The molecular weight excluding hydrogens is 390 g/mol. The van der Waals surface area contributed by atoms with Crippen molar-refractivity contribution in [1.29, 1.82) is 0 Å². The molecule has 31 heavy (non-hydrogen) atoms. The van der Waals surface area contributed by atoms with Gasteiger partial charge in [0.25, 0.3) is 11.5 Å². The molecule has 0 spiro atoms. The van der Waals surface area contributed by atoms with Gasteiger partial charge < -0.3 is 14.3 Å². The maximum Gasteiger partial charge on any atom is 0.261 e. The topological polar surface area (TPSA) is 79.2 Å². The van der Waals surface area contributed by atoms with Crippen molar-refractivity contribution in [2.75, 3.05) is 13.1 Å². The summed E-state index contributed by atoms with van der Waals surface area (Å²) in [6.07, 6.45) is 1.52. The standard InChI is InChI=1S/C25H23N3O3/c1-16-5-4-6-18(15-16)20-10-9-19(23(29)26-20)25(30)28-13-11-17(12-14-28)24-27-21-7-2-3-8-22(21)31-24/h2-10,15,17H,11-14H2,1H3,(H,26,29). The van der Waals surface area contributed by atoms with Gasteiger partial charge in [-0.05, 0) is 55.7 Å². The summed E-state index contributed by atoms with van der Waals surface area (Å²) < 4.78 is 5.90. The first-order valence-electron chi connectivity index (χ1n) is 10.5. The minimum Gasteiger partial charge on any atom is -0.440 e. The fourth-order valence-corrected chi connectivity index (χ4v) is 4.19. The third-order valence-electron chi connectivity index (χ3n) is 5.91. The molecule has 6 nitrogen and oxygen atoms in total. The molecule has 0 aliphatic carbocycles. The maximum absolute atomic E-state index is 13.0. The Kier molecular flexibility index (Phi) is 4.90. The van der Waals surface area contributed by atoms with Gasteiger partial charge in [-0.2, -0.15) is 0 Å². The minimum absolute atomic E-state index is 0.178. The Bertz CT molecular complexity index is 1280. The average molecular weight is 413 g/mol. The number of benzene rings is 2. The molecule has 5 rings (SSSR count). The van der Waals surface area contributed by atoms with Crippen LogP contribution in [0.3, 0.4) is 0 Å². The summed E-state index contributed by atoms with van der Waals surface area (Å²) in [6.45, 7) is 3.15. The lowest BCUT2D eigenvalue weighted by Crippen LogP contribution is -2.40. The third kappa shape index (κ3) is 3.77. The number of fused-ring (bicyclic) bond motifs is 1. The number of piperidine rings is 1. The van der Waals surface area contributed by atoms with Gasteiger partial charge in [-0.1, -0.05) is 35.9 Å². The molecule has 1 aliphatic heterocycles. The summed E-state index contributed by atoms with van der Waals surface area (Å²) in [5.41, 5.74) is 4.21. The lowest BCUT2D eigenvalue weighted by atomic mass is 9.96. The van der Waals surface area contributed by atoms with Gasteiger partial charge in [0.2, 0.25) is 0 Å². The number of aromatic amines is 1. The number of pyridine rings is 1. The van der Waals surface area contributed by atoms with Gasteiger partial charge in [0.1, 0.15) is 11.1 Å². The van der Waals surface area contributed by atoms with Crippen molar-refractivity contribution >= 4 is 17.0 Å². The monoisotopic (exact) mass is 413 g/mol. The van der Waals surface area contributed by atoms with E-state index in [1.165, 1.54) is 0 Å². The first-order chi connectivity index (χ1) is 15.1. The molecule has 0 unspecified atom stereocenters. The molecular formula is C25H23N3O3. The van der Waals surface area contributed by atoms with Crippen LogP contribution in [0.5, 0.6) is 0 Å². The van der Waals surface area contributed by atoms with Gasteiger partial charge in [-0.15, -0.1) is 0 Å². The van der Waals surface area contributed by atoms with Crippen LogP contribution in [0.4, 0.5) is 0 Å². The summed E-state index contributed by atoms with van der Waals surface area (Å²) in [7, 11) is 0. The van der Waals surface area contributed by atoms with Crippen molar-refractivity contribution in [3.63, 3.8) is 0 Å². The van der Waals surface area contributed by atoms with E-state index in [1.807, 2.05) is 55.5 Å². The van der Waals surface area contributed by atoms with Gasteiger partial charge in [-0.3, -0.25) is 9.59 Å². The summed E-state index contributed by atoms with van der Waals surface area (Å²) in [5.74, 6) is 0.681. The average Bonchev–Trinajstić information content (AvgIpc) is 3.23. The number of carbonyl (C=O) groups is 1. The predicted octanol–water partition coefficient (Wildman–Crippen LogP) is 4.51. The second-order valence-corrected chi connectivity index (χ2v) is 8.07. The van der Waals surface area contributed by atoms with Crippen molar-refractivity contribution in [3.05, 3.63) is 88.0 Å². The number of nitrogens with one attached hydrogen (secondary N) is 1. The summed E-state index contributed by atoms with van der Waals surface area (Å²) in [5, 5.41) is 0. The van der Waals surface area contributed by atoms with Crippen molar-refractivity contribution in [3.8, 4) is 11.3 Å². The Hall–Kier alpha value is -3.67. The second-order valence-electron chi connectivity index (χ2n) is 8.07. The number of H-pyrrole nitrogens is 1. The molecule has 3 heterocycles. The van der Waals surface area contributed by atoms with Crippen LogP contribution in [0, 0.1) is 6.92 Å². The highest BCUT2D eigenvalue weighted by molar-refractivity contribution is 5.94. The molecule has 0 atom stereocenters. The van der Waals surface area contributed by atoms with Gasteiger partial charge in [0, 0.05) is 24.7 Å². The maximum atomic E-state index is 13.0. The van der Waals surface area contributed by atoms with Crippen molar-refractivity contribution in [1.82, 2.24) is 14.9 Å². The van der Waals surface area contributed by atoms with E-state index in [1.54, 1.807) is 17.0 Å². The largest absolute Gasteiger partial charge is 0.440 e. The fourth-order valence-electron chi connectivity index (χ4n) is 4.19. The zero-order chi connectivity index (χ0) is 21.4. The van der Waals surface area contributed by atoms with E-state index < -0.39 is 0 Å². The van der Waals surface area contributed by atoms with Crippen molar-refractivity contribution in [2.45, 2.75) is 25.7 Å². The molecule has 1 amide bonds. The minimum atomic E-state index is -0.356. The van der Waals surface area contributed by atoms with Crippen LogP contribution in [-0.4, -0.2) is 33.9 Å². The quantitative estimate of drug-likeness (QED) is 0.536. The van der Waals surface area contributed by atoms with Crippen LogP contribution in [0.25, 0.3) is 22.4 Å². The summed E-state index contributed by atoms with van der Waals surface area (Å²) in [4.78, 5) is 34.8. The number of aromatic nitrogens is 2. The molecule has 156 valence electrons. The molecule has 1 aliphatic rings. The first-order valence-corrected chi connectivity index (χ1v) is 10.5. The van der Waals surface area contributed by atoms with Crippen LogP contribution < -0.4 is 5.56 Å². The molecule has 0 radical (unpaired) electrons. The van der Waals surface area contributed by atoms with Crippen LogP contribution in [0.2, 0.25) is 0 Å². The summed E-state index contributed by atoms with van der Waals surface area (Å²) in [6, 6.07) is 19.1. The van der Waals surface area contributed by atoms with E-state index in [4.69, 9.17) is 4.42 Å². The number of oxazole rings is 1. The highest BCUT2D eigenvalue weighted by Crippen LogP contribution is 2.30. The Morgan fingerprint density at radius 1 is 1.06 bits per heavy atom. The predicted molar refractivity (Wildman–Crippen MR) is 119 cm³/mol. The zero-order valence-electron chi connectivity index (χ0n) is 17.3. The Labute approximate surface area is 179 Å². The molecule has 1 fully saturated rings. The highest BCUT2D eigenvalue weighted by Gasteiger charge is 2.28. The number of hydrogen-bond acceptors (Lipinski definition) is 4. The van der Waals surface area contributed by atoms with Gasteiger partial charge >= 0.3 is 0 Å². The van der Waals surface area contributed by atoms with E-state index in [-0.39, 0.29) is 22.9 Å². The molecule has 0 saturated carbocycles. The van der Waals surface area contributed by atoms with Gasteiger partial charge in [-0.25, -0.2) is 4.98 Å². The van der Waals surface area contributed by atoms with Crippen molar-refractivity contribution < 1.29 is 9.21 Å². The van der Waals surface area contributed by atoms with E-state index in [2.05, 4.69) is 9.97 Å². The van der Waals surface area contributed by atoms with Crippen LogP contribution in [-0.2, 0) is 0 Å². The number of rotatable bonds is 3. The molecule has 1 saturated heterocycles. The number of nitrogens with zero attached hydrogens (tertiary/aromatic N) is 2. The molecule has 2 aromatic heterocycles. The Morgan fingerprint density at radius 3 is 2.61 bits per heavy atom.